The Kier molecular flexibility index (Phi) is 4.94. The molecule has 1 N–H and O–H groups in total. The van der Waals surface area contributed by atoms with E-state index < -0.39 is 4.92 Å². The molecule has 0 spiro atoms. The molecule has 2 rings (SSSR count). The first kappa shape index (κ1) is 14.8. The highest BCUT2D eigenvalue weighted by atomic mass is 16.6. The SMILES string of the molecule is CC1CCCCN1CCCNc1c([N+](=O)[O-])ncn1C. The lowest BCUT2D eigenvalue weighted by Gasteiger charge is -2.33. The number of anilines is 1. The number of nitrogens with one attached hydrogen (secondary N) is 1. The number of hydrogen-bond donors (Lipinski definition) is 1. The lowest BCUT2D eigenvalue weighted by atomic mass is 10.0. The second kappa shape index (κ2) is 6.69. The highest BCUT2D eigenvalue weighted by Crippen LogP contribution is 2.21. The number of rotatable bonds is 6. The number of hydrogen-bond acceptors (Lipinski definition) is 5. The predicted octanol–water partition coefficient (Wildman–Crippen LogP) is 2.00. The highest BCUT2D eigenvalue weighted by molar-refractivity contribution is 5.51. The van der Waals surface area contributed by atoms with Crippen LogP contribution < -0.4 is 5.32 Å². The van der Waals surface area contributed by atoms with Crippen LogP contribution in [-0.2, 0) is 7.05 Å². The largest absolute Gasteiger partial charge is 0.406 e. The molecule has 7 nitrogen and oxygen atoms in total. The third kappa shape index (κ3) is 3.47. The van der Waals surface area contributed by atoms with Crippen LogP contribution in [0.1, 0.15) is 32.6 Å². The van der Waals surface area contributed by atoms with Crippen LogP contribution in [-0.4, -0.2) is 45.1 Å². The Morgan fingerprint density at radius 1 is 1.55 bits per heavy atom. The summed E-state index contributed by atoms with van der Waals surface area (Å²) in [5, 5.41) is 14.0. The van der Waals surface area contributed by atoms with E-state index in [1.165, 1.54) is 32.1 Å². The van der Waals surface area contributed by atoms with E-state index >= 15 is 0 Å². The summed E-state index contributed by atoms with van der Waals surface area (Å²) in [6, 6.07) is 0.662. The molecule has 2 heterocycles. The number of nitrogens with zero attached hydrogens (tertiary/aromatic N) is 4. The van der Waals surface area contributed by atoms with E-state index in [1.807, 2.05) is 0 Å². The van der Waals surface area contributed by atoms with Crippen LogP contribution in [0.5, 0.6) is 0 Å². The van der Waals surface area contributed by atoms with Crippen LogP contribution in [0.15, 0.2) is 6.33 Å². The summed E-state index contributed by atoms with van der Waals surface area (Å²) in [4.78, 5) is 16.7. The molecule has 1 aliphatic rings. The molecule has 0 amide bonds. The molecular weight excluding hydrogens is 258 g/mol. The van der Waals surface area contributed by atoms with Gasteiger partial charge in [-0.05, 0) is 42.6 Å². The van der Waals surface area contributed by atoms with Crippen molar-refractivity contribution in [2.45, 2.75) is 38.6 Å². The molecule has 0 aliphatic carbocycles. The molecule has 0 radical (unpaired) electrons. The maximum atomic E-state index is 10.8. The van der Waals surface area contributed by atoms with Gasteiger partial charge in [-0.2, -0.15) is 0 Å². The summed E-state index contributed by atoms with van der Waals surface area (Å²) in [5.41, 5.74) is 0. The molecule has 1 saturated heterocycles. The Labute approximate surface area is 119 Å². The van der Waals surface area contributed by atoms with Gasteiger partial charge in [0.25, 0.3) is 0 Å². The first-order valence-corrected chi connectivity index (χ1v) is 7.23. The molecule has 0 saturated carbocycles. The molecule has 112 valence electrons. The number of imidazole rings is 1. The van der Waals surface area contributed by atoms with Crippen LogP contribution >= 0.6 is 0 Å². The van der Waals surface area contributed by atoms with E-state index in [1.54, 1.807) is 11.6 Å². The second-order valence-corrected chi connectivity index (χ2v) is 5.45. The van der Waals surface area contributed by atoms with E-state index in [0.29, 0.717) is 11.9 Å². The van der Waals surface area contributed by atoms with Crippen LogP contribution in [0.25, 0.3) is 0 Å². The fourth-order valence-electron chi connectivity index (χ4n) is 2.73. The fourth-order valence-corrected chi connectivity index (χ4v) is 2.73. The van der Waals surface area contributed by atoms with Crippen molar-refractivity contribution >= 4 is 11.6 Å². The minimum Gasteiger partial charge on any atom is -0.364 e. The normalized spacial score (nSPS) is 20.0. The molecule has 1 atom stereocenters. The van der Waals surface area contributed by atoms with Gasteiger partial charge < -0.3 is 20.3 Å². The molecule has 1 unspecified atom stereocenters. The number of nitro groups is 1. The van der Waals surface area contributed by atoms with Crippen LogP contribution in [0, 0.1) is 10.1 Å². The van der Waals surface area contributed by atoms with Crippen molar-refractivity contribution in [2.24, 2.45) is 7.05 Å². The first-order chi connectivity index (χ1) is 9.59. The van der Waals surface area contributed by atoms with Gasteiger partial charge in [0.05, 0.1) is 0 Å². The Morgan fingerprint density at radius 2 is 2.35 bits per heavy atom. The van der Waals surface area contributed by atoms with Gasteiger partial charge in [0.1, 0.15) is 0 Å². The van der Waals surface area contributed by atoms with E-state index in [-0.39, 0.29) is 5.82 Å². The van der Waals surface area contributed by atoms with Gasteiger partial charge in [-0.15, -0.1) is 0 Å². The summed E-state index contributed by atoms with van der Waals surface area (Å²) in [6.07, 6.45) is 6.34. The summed E-state index contributed by atoms with van der Waals surface area (Å²) >= 11 is 0. The number of likely N-dealkylation sites (tertiary alicyclic amines) is 1. The lowest BCUT2D eigenvalue weighted by Crippen LogP contribution is -2.38. The minimum atomic E-state index is -0.449. The summed E-state index contributed by atoms with van der Waals surface area (Å²) in [7, 11) is 1.76. The van der Waals surface area contributed by atoms with Gasteiger partial charge in [0.15, 0.2) is 0 Å². The monoisotopic (exact) mass is 281 g/mol. The zero-order chi connectivity index (χ0) is 14.5. The van der Waals surface area contributed by atoms with Gasteiger partial charge in [-0.1, -0.05) is 6.42 Å². The molecular formula is C13H23N5O2. The van der Waals surface area contributed by atoms with Gasteiger partial charge in [-0.25, -0.2) is 0 Å². The predicted molar refractivity (Wildman–Crippen MR) is 77.9 cm³/mol. The Balaban J connectivity index is 1.78. The van der Waals surface area contributed by atoms with Crippen molar-refractivity contribution in [2.75, 3.05) is 25.0 Å². The Bertz CT molecular complexity index is 460. The molecule has 1 aromatic rings. The average Bonchev–Trinajstić information content (AvgIpc) is 2.78. The van der Waals surface area contributed by atoms with E-state index in [4.69, 9.17) is 0 Å². The second-order valence-electron chi connectivity index (χ2n) is 5.45. The van der Waals surface area contributed by atoms with Crippen molar-refractivity contribution in [1.82, 2.24) is 14.5 Å². The first-order valence-electron chi connectivity index (χ1n) is 7.23. The molecule has 1 aromatic heterocycles. The summed E-state index contributed by atoms with van der Waals surface area (Å²) < 4.78 is 1.65. The molecule has 20 heavy (non-hydrogen) atoms. The average molecular weight is 281 g/mol. The lowest BCUT2D eigenvalue weighted by molar-refractivity contribution is -0.388. The smallest absolute Gasteiger partial charge is 0.364 e. The molecule has 0 aromatic carbocycles. The van der Waals surface area contributed by atoms with Crippen molar-refractivity contribution in [1.29, 1.82) is 0 Å². The maximum absolute atomic E-state index is 10.8. The standard InChI is InChI=1S/C13H23N5O2/c1-11-6-3-4-8-17(11)9-5-7-14-12-13(18(19)20)15-10-16(12)2/h10-11,14H,3-9H2,1-2H3. The quantitative estimate of drug-likeness (QED) is 0.490. The van der Waals surface area contributed by atoms with Crippen molar-refractivity contribution < 1.29 is 4.92 Å². The summed E-state index contributed by atoms with van der Waals surface area (Å²) in [6.45, 7) is 5.22. The van der Waals surface area contributed by atoms with Gasteiger partial charge in [0, 0.05) is 26.2 Å². The molecule has 7 heteroatoms. The Hall–Kier alpha value is -1.63. The van der Waals surface area contributed by atoms with Crippen LogP contribution in [0.3, 0.4) is 0 Å². The van der Waals surface area contributed by atoms with E-state index in [0.717, 1.165) is 19.5 Å². The highest BCUT2D eigenvalue weighted by Gasteiger charge is 2.20. The number of piperidine rings is 1. The van der Waals surface area contributed by atoms with Gasteiger partial charge in [-0.3, -0.25) is 4.57 Å². The van der Waals surface area contributed by atoms with Crippen molar-refractivity contribution in [3.63, 3.8) is 0 Å². The fraction of sp³-hybridized carbons (Fsp3) is 0.769. The summed E-state index contributed by atoms with van der Waals surface area (Å²) in [5.74, 6) is 0.389. The number of aryl methyl sites for hydroxylation is 1. The topological polar surface area (TPSA) is 76.2 Å². The van der Waals surface area contributed by atoms with Gasteiger partial charge >= 0.3 is 5.82 Å². The Morgan fingerprint density at radius 3 is 3.05 bits per heavy atom. The molecule has 1 aliphatic heterocycles. The van der Waals surface area contributed by atoms with E-state index in [9.17, 15) is 10.1 Å². The molecule has 0 bridgehead atoms. The zero-order valence-corrected chi connectivity index (χ0v) is 12.2. The maximum Gasteiger partial charge on any atom is 0.406 e. The van der Waals surface area contributed by atoms with Crippen molar-refractivity contribution in [3.05, 3.63) is 16.4 Å². The number of aromatic nitrogens is 2. The van der Waals surface area contributed by atoms with Gasteiger partial charge in [0.2, 0.25) is 12.1 Å². The molecule has 1 fully saturated rings. The third-order valence-electron chi connectivity index (χ3n) is 3.95. The van der Waals surface area contributed by atoms with Crippen molar-refractivity contribution in [3.8, 4) is 0 Å². The van der Waals surface area contributed by atoms with Crippen LogP contribution in [0.2, 0.25) is 0 Å². The minimum absolute atomic E-state index is 0.0983. The zero-order valence-electron chi connectivity index (χ0n) is 12.2. The third-order valence-corrected chi connectivity index (χ3v) is 3.95. The van der Waals surface area contributed by atoms with Crippen LogP contribution in [0.4, 0.5) is 11.6 Å². The van der Waals surface area contributed by atoms with E-state index in [2.05, 4.69) is 22.1 Å².